The van der Waals surface area contributed by atoms with Crippen molar-refractivity contribution >= 4 is 11.5 Å². The lowest BCUT2D eigenvalue weighted by molar-refractivity contribution is -0.385. The fraction of sp³-hybridized carbons (Fsp3) is 0.235. The highest BCUT2D eigenvalue weighted by Gasteiger charge is 2.51. The highest BCUT2D eigenvalue weighted by Crippen LogP contribution is 2.46. The molecule has 1 atom stereocenters. The quantitative estimate of drug-likeness (QED) is 0.654. The Kier molecular flexibility index (Phi) is 4.04. The molecule has 7 nitrogen and oxygen atoms in total. The van der Waals surface area contributed by atoms with Crippen LogP contribution < -0.4 is 4.74 Å². The molecule has 0 aliphatic carbocycles. The summed E-state index contributed by atoms with van der Waals surface area (Å²) in [6.07, 6.45) is -1.03. The molecule has 24 heavy (non-hydrogen) atoms. The average molecular weight is 329 g/mol. The van der Waals surface area contributed by atoms with Crippen LogP contribution >= 0.6 is 0 Å². The Morgan fingerprint density at radius 3 is 2.50 bits per heavy atom. The van der Waals surface area contributed by atoms with Gasteiger partial charge in [0, 0.05) is 17.7 Å². The predicted molar refractivity (Wildman–Crippen MR) is 83.8 cm³/mol. The van der Waals surface area contributed by atoms with Gasteiger partial charge in [-0.25, -0.2) is 0 Å². The minimum absolute atomic E-state index is 0.160. The Morgan fingerprint density at radius 2 is 1.83 bits per heavy atom. The van der Waals surface area contributed by atoms with Gasteiger partial charge in [-0.3, -0.25) is 14.9 Å². The van der Waals surface area contributed by atoms with Crippen LogP contribution in [0.5, 0.6) is 5.75 Å². The summed E-state index contributed by atoms with van der Waals surface area (Å²) in [6, 6.07) is 12.2. The third-order valence-electron chi connectivity index (χ3n) is 4.28. The predicted octanol–water partition coefficient (Wildman–Crippen LogP) is 1.88. The molecule has 1 aliphatic heterocycles. The molecule has 0 amide bonds. The molecule has 1 aliphatic rings. The van der Waals surface area contributed by atoms with Gasteiger partial charge in [0.15, 0.2) is 5.78 Å². The Bertz CT molecular complexity index is 799. The van der Waals surface area contributed by atoms with Gasteiger partial charge in [0.25, 0.3) is 5.69 Å². The molecule has 2 aromatic carbocycles. The number of nitrogens with zero attached hydrogens (tertiary/aromatic N) is 1. The van der Waals surface area contributed by atoms with Crippen LogP contribution in [0.25, 0.3) is 0 Å². The summed E-state index contributed by atoms with van der Waals surface area (Å²) in [7, 11) is 0. The Labute approximate surface area is 137 Å². The van der Waals surface area contributed by atoms with Gasteiger partial charge in [-0.2, -0.15) is 0 Å². The Morgan fingerprint density at radius 1 is 1.12 bits per heavy atom. The van der Waals surface area contributed by atoms with E-state index in [0.717, 1.165) is 0 Å². The third kappa shape index (κ3) is 2.34. The first-order chi connectivity index (χ1) is 11.5. The van der Waals surface area contributed by atoms with E-state index in [2.05, 4.69) is 0 Å². The monoisotopic (exact) mass is 329 g/mol. The molecule has 1 heterocycles. The lowest BCUT2D eigenvalue weighted by Crippen LogP contribution is -2.49. The Hall–Kier alpha value is -2.77. The van der Waals surface area contributed by atoms with Gasteiger partial charge >= 0.3 is 0 Å². The van der Waals surface area contributed by atoms with E-state index in [4.69, 9.17) is 4.74 Å². The maximum atomic E-state index is 12.9. The number of carbonyl (C=O) groups excluding carboxylic acids is 1. The van der Waals surface area contributed by atoms with Crippen LogP contribution in [0.3, 0.4) is 0 Å². The molecule has 0 aromatic heterocycles. The van der Waals surface area contributed by atoms with Crippen molar-refractivity contribution in [3.63, 3.8) is 0 Å². The molecular weight excluding hydrogens is 314 g/mol. The number of rotatable bonds is 4. The van der Waals surface area contributed by atoms with Gasteiger partial charge in [0.05, 0.1) is 23.7 Å². The van der Waals surface area contributed by atoms with Crippen molar-refractivity contribution in [2.24, 2.45) is 5.41 Å². The highest BCUT2D eigenvalue weighted by atomic mass is 16.6. The number of Topliss-reactive ketones (excluding diaryl/α,β-unsaturated/α-hetero) is 1. The molecule has 2 N–H and O–H groups in total. The minimum Gasteiger partial charge on any atom is -0.484 e. The van der Waals surface area contributed by atoms with Crippen molar-refractivity contribution in [3.8, 4) is 5.75 Å². The molecule has 0 saturated heterocycles. The maximum absolute atomic E-state index is 12.9. The molecule has 0 radical (unpaired) electrons. The number of fused-ring (bicyclic) bond motifs is 1. The molecule has 0 bridgehead atoms. The number of ether oxygens (including phenoxy) is 1. The van der Waals surface area contributed by atoms with Gasteiger partial charge in [-0.1, -0.05) is 24.3 Å². The van der Waals surface area contributed by atoms with Crippen LogP contribution in [0, 0.1) is 15.5 Å². The molecule has 0 saturated carbocycles. The van der Waals surface area contributed by atoms with Crippen molar-refractivity contribution in [3.05, 3.63) is 69.8 Å². The van der Waals surface area contributed by atoms with Gasteiger partial charge in [0.1, 0.15) is 17.3 Å². The summed E-state index contributed by atoms with van der Waals surface area (Å²) in [4.78, 5) is 23.3. The molecule has 7 heteroatoms. The van der Waals surface area contributed by atoms with Crippen LogP contribution in [0.2, 0.25) is 0 Å². The average Bonchev–Trinajstić information content (AvgIpc) is 2.62. The van der Waals surface area contributed by atoms with Crippen molar-refractivity contribution in [1.29, 1.82) is 0 Å². The number of ketones is 1. The number of aliphatic hydroxyl groups excluding tert-OH is 2. The van der Waals surface area contributed by atoms with Crippen molar-refractivity contribution in [2.75, 3.05) is 13.2 Å². The number of aliphatic hydroxyl groups is 2. The first-order valence-electron chi connectivity index (χ1n) is 7.30. The number of benzene rings is 2. The van der Waals surface area contributed by atoms with Gasteiger partial charge < -0.3 is 14.9 Å². The number of hydrogen-bond donors (Lipinski definition) is 2. The molecular formula is C17H15NO6. The fourth-order valence-electron chi connectivity index (χ4n) is 2.93. The van der Waals surface area contributed by atoms with E-state index in [1.54, 1.807) is 30.3 Å². The summed E-state index contributed by atoms with van der Waals surface area (Å²) in [5, 5.41) is 30.7. The summed E-state index contributed by atoms with van der Waals surface area (Å²) in [5.74, 6) is -0.137. The molecule has 0 spiro atoms. The summed E-state index contributed by atoms with van der Waals surface area (Å²) < 4.78 is 5.86. The van der Waals surface area contributed by atoms with E-state index < -0.39 is 35.4 Å². The second-order valence-corrected chi connectivity index (χ2v) is 5.65. The van der Waals surface area contributed by atoms with Gasteiger partial charge in [-0.05, 0) is 12.1 Å². The largest absolute Gasteiger partial charge is 0.484 e. The Balaban J connectivity index is 2.16. The van der Waals surface area contributed by atoms with E-state index in [9.17, 15) is 25.1 Å². The third-order valence-corrected chi connectivity index (χ3v) is 4.28. The van der Waals surface area contributed by atoms with Crippen LogP contribution in [-0.4, -0.2) is 34.1 Å². The summed E-state index contributed by atoms with van der Waals surface area (Å²) in [5.41, 5.74) is -1.16. The van der Waals surface area contributed by atoms with Crippen molar-refractivity contribution in [1.82, 2.24) is 0 Å². The van der Waals surface area contributed by atoms with E-state index in [1.165, 1.54) is 18.2 Å². The van der Waals surface area contributed by atoms with Gasteiger partial charge in [-0.15, -0.1) is 0 Å². The van der Waals surface area contributed by atoms with Crippen LogP contribution in [0.1, 0.15) is 22.0 Å². The number of carbonyl (C=O) groups is 1. The number of hydrogen-bond acceptors (Lipinski definition) is 6. The standard InChI is InChI=1S/C17H15NO6/c19-9-17(10-20)15(21)13-6-1-2-7-14(13)24-16(17)11-4-3-5-12(8-11)18(22)23/h1-8,16,19-20H,9-10H2. The molecule has 2 aromatic rings. The van der Waals surface area contributed by atoms with Crippen LogP contribution in [0.15, 0.2) is 48.5 Å². The number of para-hydroxylation sites is 1. The topological polar surface area (TPSA) is 110 Å². The SMILES string of the molecule is O=C1c2ccccc2OC(c2cccc([N+](=O)[O-])c2)C1(CO)CO. The smallest absolute Gasteiger partial charge is 0.269 e. The zero-order valence-corrected chi connectivity index (χ0v) is 12.6. The zero-order valence-electron chi connectivity index (χ0n) is 12.6. The van der Waals surface area contributed by atoms with E-state index in [0.29, 0.717) is 11.3 Å². The van der Waals surface area contributed by atoms with E-state index in [1.807, 2.05) is 0 Å². The number of non-ortho nitro benzene ring substituents is 1. The summed E-state index contributed by atoms with van der Waals surface area (Å²) in [6.45, 7) is -1.30. The van der Waals surface area contributed by atoms with E-state index >= 15 is 0 Å². The molecule has 0 fully saturated rings. The first kappa shape index (κ1) is 16.1. The molecule has 1 unspecified atom stereocenters. The second-order valence-electron chi connectivity index (χ2n) is 5.65. The van der Waals surface area contributed by atoms with Crippen LogP contribution in [-0.2, 0) is 0 Å². The lowest BCUT2D eigenvalue weighted by atomic mass is 9.72. The maximum Gasteiger partial charge on any atom is 0.269 e. The highest BCUT2D eigenvalue weighted by molar-refractivity contribution is 6.04. The second kappa shape index (κ2) is 6.03. The molecule has 3 rings (SSSR count). The molecule has 124 valence electrons. The van der Waals surface area contributed by atoms with Crippen molar-refractivity contribution in [2.45, 2.75) is 6.10 Å². The zero-order chi connectivity index (χ0) is 17.3. The first-order valence-corrected chi connectivity index (χ1v) is 7.30. The number of nitro groups is 1. The van der Waals surface area contributed by atoms with E-state index in [-0.39, 0.29) is 11.3 Å². The lowest BCUT2D eigenvalue weighted by Gasteiger charge is -2.40. The fourth-order valence-corrected chi connectivity index (χ4v) is 2.93. The van der Waals surface area contributed by atoms with Gasteiger partial charge in [0.2, 0.25) is 0 Å². The summed E-state index contributed by atoms with van der Waals surface area (Å²) >= 11 is 0. The van der Waals surface area contributed by atoms with Crippen molar-refractivity contribution < 1.29 is 24.7 Å². The minimum atomic E-state index is -1.61. The normalized spacial score (nSPS) is 18.6. The van der Waals surface area contributed by atoms with Crippen LogP contribution in [0.4, 0.5) is 5.69 Å². The number of nitro benzene ring substituents is 1.